The molecule has 154 valence electrons. The van der Waals surface area contributed by atoms with Crippen LogP contribution in [0.5, 0.6) is 0 Å². The Kier molecular flexibility index (Phi) is 7.37. The number of para-hydroxylation sites is 1. The van der Waals surface area contributed by atoms with Crippen LogP contribution < -0.4 is 10.2 Å². The van der Waals surface area contributed by atoms with Crippen LogP contribution in [0, 0.1) is 13.8 Å². The lowest BCUT2D eigenvalue weighted by atomic mass is 10.1. The highest BCUT2D eigenvalue weighted by molar-refractivity contribution is 8.00. The van der Waals surface area contributed by atoms with Crippen molar-refractivity contribution in [3.63, 3.8) is 0 Å². The maximum atomic E-state index is 12.7. The molecule has 2 amide bonds. The predicted octanol–water partition coefficient (Wildman–Crippen LogP) is 5.99. The molecule has 3 rings (SSSR count). The van der Waals surface area contributed by atoms with Gasteiger partial charge in [0.05, 0.1) is 5.75 Å². The first-order chi connectivity index (χ1) is 14.0. The topological polar surface area (TPSA) is 49.4 Å². The fraction of sp³-hybridized carbons (Fsp3) is 0.417. The average molecular weight is 411 g/mol. The zero-order valence-corrected chi connectivity index (χ0v) is 18.3. The summed E-state index contributed by atoms with van der Waals surface area (Å²) in [5.41, 5.74) is 4.98. The summed E-state index contributed by atoms with van der Waals surface area (Å²) in [4.78, 5) is 27.1. The van der Waals surface area contributed by atoms with Crippen LogP contribution in [0.2, 0.25) is 0 Å². The number of nitrogens with one attached hydrogen (secondary N) is 1. The van der Waals surface area contributed by atoms with Crippen molar-refractivity contribution in [2.24, 2.45) is 0 Å². The molecule has 1 fully saturated rings. The zero-order valence-electron chi connectivity index (χ0n) is 17.5. The van der Waals surface area contributed by atoms with E-state index in [0.29, 0.717) is 12.2 Å². The van der Waals surface area contributed by atoms with Crippen molar-refractivity contribution in [1.82, 2.24) is 0 Å². The minimum atomic E-state index is -0.138. The summed E-state index contributed by atoms with van der Waals surface area (Å²) in [5.74, 6) is 0.589. The van der Waals surface area contributed by atoms with Crippen LogP contribution >= 0.6 is 11.8 Å². The molecule has 0 bridgehead atoms. The molecule has 2 aromatic rings. The van der Waals surface area contributed by atoms with E-state index >= 15 is 0 Å². The minimum absolute atomic E-state index is 0.0425. The van der Waals surface area contributed by atoms with Crippen molar-refractivity contribution in [1.29, 1.82) is 0 Å². The first-order valence-corrected chi connectivity index (χ1v) is 11.5. The summed E-state index contributed by atoms with van der Waals surface area (Å²) in [5, 5.41) is 2.95. The smallest absolute Gasteiger partial charge is 0.238 e. The van der Waals surface area contributed by atoms with Crippen molar-refractivity contribution in [2.45, 2.75) is 58.2 Å². The van der Waals surface area contributed by atoms with Gasteiger partial charge in [0.15, 0.2) is 0 Å². The van der Waals surface area contributed by atoms with Gasteiger partial charge in [0, 0.05) is 23.4 Å². The van der Waals surface area contributed by atoms with Gasteiger partial charge in [-0.15, -0.1) is 11.8 Å². The second-order valence-corrected chi connectivity index (χ2v) is 8.73. The molecule has 0 aromatic heterocycles. The molecule has 5 heteroatoms. The molecule has 1 aliphatic rings. The molecule has 1 aliphatic heterocycles. The van der Waals surface area contributed by atoms with Crippen LogP contribution in [-0.4, -0.2) is 17.6 Å². The summed E-state index contributed by atoms with van der Waals surface area (Å²) in [7, 11) is 0. The summed E-state index contributed by atoms with van der Waals surface area (Å²) < 4.78 is 0. The Morgan fingerprint density at radius 1 is 1.14 bits per heavy atom. The Labute approximate surface area is 178 Å². The highest BCUT2D eigenvalue weighted by Crippen LogP contribution is 2.45. The number of hydrogen-bond donors (Lipinski definition) is 1. The van der Waals surface area contributed by atoms with Gasteiger partial charge in [-0.2, -0.15) is 0 Å². The molecule has 0 unspecified atom stereocenters. The van der Waals surface area contributed by atoms with Crippen molar-refractivity contribution >= 4 is 35.0 Å². The third-order valence-electron chi connectivity index (χ3n) is 5.24. The van der Waals surface area contributed by atoms with Crippen LogP contribution in [0.3, 0.4) is 0 Å². The van der Waals surface area contributed by atoms with Gasteiger partial charge >= 0.3 is 0 Å². The number of aryl methyl sites for hydroxylation is 2. The summed E-state index contributed by atoms with van der Waals surface area (Å²) in [6.07, 6.45) is 4.85. The third kappa shape index (κ3) is 5.21. The van der Waals surface area contributed by atoms with Gasteiger partial charge in [-0.1, -0.05) is 62.1 Å². The monoisotopic (exact) mass is 410 g/mol. The van der Waals surface area contributed by atoms with Crippen LogP contribution in [0.1, 0.15) is 61.1 Å². The van der Waals surface area contributed by atoms with Gasteiger partial charge in [-0.3, -0.25) is 14.5 Å². The molecule has 4 nitrogen and oxygen atoms in total. The van der Waals surface area contributed by atoms with E-state index in [2.05, 4.69) is 25.2 Å². The van der Waals surface area contributed by atoms with Crippen molar-refractivity contribution < 1.29 is 9.59 Å². The molecule has 2 aromatic carbocycles. The van der Waals surface area contributed by atoms with E-state index in [1.807, 2.05) is 48.2 Å². The quantitative estimate of drug-likeness (QED) is 0.544. The molecular formula is C24H30N2O2S. The largest absolute Gasteiger partial charge is 0.326 e. The summed E-state index contributed by atoms with van der Waals surface area (Å²) >= 11 is 1.61. The Balaban J connectivity index is 1.82. The van der Waals surface area contributed by atoms with Crippen molar-refractivity contribution in [3.05, 3.63) is 59.2 Å². The number of nitrogens with zero attached hydrogens (tertiary/aromatic N) is 1. The Bertz CT molecular complexity index is 881. The Hall–Kier alpha value is -2.27. The number of carbonyl (C=O) groups is 2. The van der Waals surface area contributed by atoms with E-state index in [9.17, 15) is 9.59 Å². The highest BCUT2D eigenvalue weighted by atomic mass is 32.2. The fourth-order valence-corrected chi connectivity index (χ4v) is 4.95. The van der Waals surface area contributed by atoms with Gasteiger partial charge in [0.1, 0.15) is 5.37 Å². The molecule has 1 heterocycles. The van der Waals surface area contributed by atoms with Crippen molar-refractivity contribution in [3.8, 4) is 0 Å². The maximum absolute atomic E-state index is 12.7. The van der Waals surface area contributed by atoms with Crippen LogP contribution in [0.15, 0.2) is 42.5 Å². The number of amides is 2. The lowest BCUT2D eigenvalue weighted by Gasteiger charge is -2.27. The number of unbranched alkanes of at least 4 members (excludes halogenated alkanes) is 3. The zero-order chi connectivity index (χ0) is 20.8. The summed E-state index contributed by atoms with van der Waals surface area (Å²) in [6, 6.07) is 14.0. The molecule has 29 heavy (non-hydrogen) atoms. The molecule has 0 spiro atoms. The van der Waals surface area contributed by atoms with E-state index in [1.165, 1.54) is 5.56 Å². The van der Waals surface area contributed by atoms with Gasteiger partial charge in [0.2, 0.25) is 11.8 Å². The van der Waals surface area contributed by atoms with E-state index in [0.717, 1.165) is 48.2 Å². The van der Waals surface area contributed by atoms with E-state index < -0.39 is 0 Å². The minimum Gasteiger partial charge on any atom is -0.326 e. The Morgan fingerprint density at radius 2 is 1.93 bits per heavy atom. The third-order valence-corrected chi connectivity index (χ3v) is 6.43. The molecule has 0 radical (unpaired) electrons. The molecule has 1 atom stereocenters. The van der Waals surface area contributed by atoms with Gasteiger partial charge in [-0.05, 0) is 38.0 Å². The number of carbonyl (C=O) groups excluding carboxylic acids is 2. The molecular weight excluding hydrogens is 380 g/mol. The van der Waals surface area contributed by atoms with Gasteiger partial charge in [0.25, 0.3) is 0 Å². The van der Waals surface area contributed by atoms with Crippen LogP contribution in [-0.2, 0) is 9.59 Å². The molecule has 0 saturated carbocycles. The van der Waals surface area contributed by atoms with E-state index in [4.69, 9.17) is 0 Å². The Morgan fingerprint density at radius 3 is 2.69 bits per heavy atom. The molecule has 1 N–H and O–H groups in total. The first-order valence-electron chi connectivity index (χ1n) is 10.4. The van der Waals surface area contributed by atoms with E-state index in [-0.39, 0.29) is 17.2 Å². The van der Waals surface area contributed by atoms with Gasteiger partial charge < -0.3 is 5.32 Å². The molecule has 0 aliphatic carbocycles. The second kappa shape index (κ2) is 9.97. The molecule has 1 saturated heterocycles. The average Bonchev–Trinajstić information content (AvgIpc) is 3.07. The maximum Gasteiger partial charge on any atom is 0.238 e. The number of rotatable bonds is 8. The number of thioether (sulfide) groups is 1. The lowest BCUT2D eigenvalue weighted by Crippen LogP contribution is -2.29. The standard InChI is InChI=1S/C24H30N2O2S/c1-4-5-6-7-12-22(27)25-20-11-9-8-10-19(20)24-26(23(28)16-29-24)21-14-13-17(2)15-18(21)3/h8-11,13-15,24H,4-7,12,16H2,1-3H3,(H,25,27)/t24-/m0/s1. The summed E-state index contributed by atoms with van der Waals surface area (Å²) in [6.45, 7) is 6.26. The fourth-order valence-electron chi connectivity index (χ4n) is 3.74. The van der Waals surface area contributed by atoms with E-state index in [1.54, 1.807) is 11.8 Å². The van der Waals surface area contributed by atoms with Crippen molar-refractivity contribution in [2.75, 3.05) is 16.0 Å². The highest BCUT2D eigenvalue weighted by Gasteiger charge is 2.36. The van der Waals surface area contributed by atoms with Crippen LogP contribution in [0.25, 0.3) is 0 Å². The van der Waals surface area contributed by atoms with Gasteiger partial charge in [-0.25, -0.2) is 0 Å². The lowest BCUT2D eigenvalue weighted by molar-refractivity contribution is -0.116. The first kappa shape index (κ1) is 21.4. The van der Waals surface area contributed by atoms with Crippen LogP contribution in [0.4, 0.5) is 11.4 Å². The number of anilines is 2. The predicted molar refractivity (Wildman–Crippen MR) is 122 cm³/mol. The number of hydrogen-bond acceptors (Lipinski definition) is 3. The number of benzene rings is 2. The SMILES string of the molecule is CCCCCCC(=O)Nc1ccccc1[C@@H]1SCC(=O)N1c1ccc(C)cc1C. The second-order valence-electron chi connectivity index (χ2n) is 7.66. The normalized spacial score (nSPS) is 16.3.